The summed E-state index contributed by atoms with van der Waals surface area (Å²) < 4.78 is 34.3. The molecule has 1 unspecified atom stereocenters. The van der Waals surface area contributed by atoms with Crippen molar-refractivity contribution in [3.05, 3.63) is 29.8 Å². The number of halogens is 1. The summed E-state index contributed by atoms with van der Waals surface area (Å²) in [6.45, 7) is 6.51. The van der Waals surface area contributed by atoms with Gasteiger partial charge in [-0.2, -0.15) is 8.42 Å². The van der Waals surface area contributed by atoms with Gasteiger partial charge >= 0.3 is 10.2 Å². The molecule has 0 saturated heterocycles. The lowest BCUT2D eigenvalue weighted by Crippen LogP contribution is -2.49. The van der Waals surface area contributed by atoms with Crippen LogP contribution < -0.4 is 4.90 Å². The van der Waals surface area contributed by atoms with E-state index in [4.69, 9.17) is 0 Å². The fraction of sp³-hybridized carbons (Fsp3) is 0.571. The third-order valence-corrected chi connectivity index (χ3v) is 4.52. The molecule has 1 aromatic rings. The van der Waals surface area contributed by atoms with Crippen LogP contribution in [0.5, 0.6) is 0 Å². The molecule has 1 aliphatic rings. The Hall–Kier alpha value is -1.10. The van der Waals surface area contributed by atoms with Crippen molar-refractivity contribution in [3.8, 4) is 0 Å². The third kappa shape index (κ3) is 3.08. The van der Waals surface area contributed by atoms with Crippen molar-refractivity contribution in [1.29, 1.82) is 0 Å². The van der Waals surface area contributed by atoms with Crippen LogP contribution in [0.4, 0.5) is 9.57 Å². The van der Waals surface area contributed by atoms with Crippen molar-refractivity contribution in [3.63, 3.8) is 0 Å². The van der Waals surface area contributed by atoms with Crippen molar-refractivity contribution in [2.45, 2.75) is 38.6 Å². The molecule has 0 aliphatic carbocycles. The fourth-order valence-corrected chi connectivity index (χ4v) is 3.47. The molecule has 0 spiro atoms. The average molecular weight is 285 g/mol. The smallest absolute Gasteiger partial charge is 0.304 e. The van der Waals surface area contributed by atoms with Gasteiger partial charge in [-0.1, -0.05) is 25.1 Å². The standard InChI is InChI=1S/C14H20FNO2S/c1-11-10-14(2,3)16(8-9-19(15,17)18)13-7-5-4-6-12(11)13/h4-7,11H,8-10H2,1-3H3. The lowest BCUT2D eigenvalue weighted by atomic mass is 9.80. The molecule has 5 heteroatoms. The summed E-state index contributed by atoms with van der Waals surface area (Å²) in [5.74, 6) is -0.0384. The first-order chi connectivity index (χ1) is 8.71. The molecule has 0 N–H and O–H groups in total. The quantitative estimate of drug-likeness (QED) is 0.801. The van der Waals surface area contributed by atoms with E-state index < -0.39 is 16.0 Å². The molecule has 1 heterocycles. The highest BCUT2D eigenvalue weighted by Gasteiger charge is 2.36. The summed E-state index contributed by atoms with van der Waals surface area (Å²) >= 11 is 0. The lowest BCUT2D eigenvalue weighted by molar-refractivity contribution is 0.381. The molecular weight excluding hydrogens is 265 g/mol. The van der Waals surface area contributed by atoms with Crippen LogP contribution in [0.25, 0.3) is 0 Å². The normalized spacial score (nSPS) is 22.1. The first-order valence-electron chi connectivity index (χ1n) is 6.49. The molecule has 106 valence electrons. The highest BCUT2D eigenvalue weighted by atomic mass is 32.3. The van der Waals surface area contributed by atoms with Crippen LogP contribution in [-0.2, 0) is 10.2 Å². The summed E-state index contributed by atoms with van der Waals surface area (Å²) in [4.78, 5) is 2.01. The molecule has 19 heavy (non-hydrogen) atoms. The van der Waals surface area contributed by atoms with Crippen LogP contribution >= 0.6 is 0 Å². The van der Waals surface area contributed by atoms with Gasteiger partial charge in [-0.05, 0) is 37.8 Å². The number of fused-ring (bicyclic) bond motifs is 1. The van der Waals surface area contributed by atoms with Gasteiger partial charge in [0, 0.05) is 17.8 Å². The van der Waals surface area contributed by atoms with Crippen LogP contribution in [0.15, 0.2) is 24.3 Å². The third-order valence-electron chi connectivity index (χ3n) is 3.85. The lowest BCUT2D eigenvalue weighted by Gasteiger charge is -2.47. The summed E-state index contributed by atoms with van der Waals surface area (Å²) in [5.41, 5.74) is 2.06. The summed E-state index contributed by atoms with van der Waals surface area (Å²) in [5, 5.41) is 0. The van der Waals surface area contributed by atoms with E-state index in [2.05, 4.69) is 26.8 Å². The summed E-state index contributed by atoms with van der Waals surface area (Å²) in [6, 6.07) is 7.96. The zero-order chi connectivity index (χ0) is 14.3. The number of nitrogens with zero attached hydrogens (tertiary/aromatic N) is 1. The minimum atomic E-state index is -4.43. The van der Waals surface area contributed by atoms with Gasteiger partial charge < -0.3 is 4.90 Å². The van der Waals surface area contributed by atoms with Crippen molar-refractivity contribution in [1.82, 2.24) is 0 Å². The molecule has 3 nitrogen and oxygen atoms in total. The molecule has 0 saturated carbocycles. The molecule has 0 radical (unpaired) electrons. The average Bonchev–Trinajstić information content (AvgIpc) is 2.26. The van der Waals surface area contributed by atoms with E-state index in [0.717, 1.165) is 12.1 Å². The highest BCUT2D eigenvalue weighted by Crippen LogP contribution is 2.42. The molecule has 1 aromatic carbocycles. The van der Waals surface area contributed by atoms with Gasteiger partial charge in [0.15, 0.2) is 0 Å². The highest BCUT2D eigenvalue weighted by molar-refractivity contribution is 7.86. The van der Waals surface area contributed by atoms with Gasteiger partial charge in [0.2, 0.25) is 0 Å². The molecule has 0 aromatic heterocycles. The second kappa shape index (κ2) is 4.78. The Kier molecular flexibility index (Phi) is 3.60. The Labute approximate surface area is 114 Å². The second-order valence-electron chi connectivity index (χ2n) is 5.87. The molecule has 1 aliphatic heterocycles. The number of para-hydroxylation sites is 1. The summed E-state index contributed by atoms with van der Waals surface area (Å²) in [7, 11) is -4.43. The molecular formula is C14H20FNO2S. The van der Waals surface area contributed by atoms with Crippen LogP contribution in [0.3, 0.4) is 0 Å². The van der Waals surface area contributed by atoms with Gasteiger partial charge in [0.25, 0.3) is 0 Å². The number of rotatable bonds is 3. The van der Waals surface area contributed by atoms with Crippen molar-refractivity contribution in [2.24, 2.45) is 0 Å². The van der Waals surface area contributed by atoms with E-state index in [1.807, 2.05) is 23.1 Å². The SMILES string of the molecule is CC1CC(C)(C)N(CCS(=O)(=O)F)c2ccccc21. The second-order valence-corrected chi connectivity index (χ2v) is 7.36. The number of anilines is 1. The predicted octanol–water partition coefficient (Wildman–Crippen LogP) is 3.08. The topological polar surface area (TPSA) is 37.4 Å². The molecule has 0 amide bonds. The van der Waals surface area contributed by atoms with Crippen LogP contribution in [-0.4, -0.2) is 26.3 Å². The van der Waals surface area contributed by atoms with Crippen LogP contribution in [0, 0.1) is 0 Å². The monoisotopic (exact) mass is 285 g/mol. The van der Waals surface area contributed by atoms with Gasteiger partial charge in [-0.3, -0.25) is 0 Å². The molecule has 0 fully saturated rings. The van der Waals surface area contributed by atoms with Crippen LogP contribution in [0.1, 0.15) is 38.7 Å². The van der Waals surface area contributed by atoms with Crippen molar-refractivity contribution in [2.75, 3.05) is 17.2 Å². The predicted molar refractivity (Wildman–Crippen MR) is 75.8 cm³/mol. The zero-order valence-corrected chi connectivity index (χ0v) is 12.4. The first-order valence-corrected chi connectivity index (χ1v) is 8.05. The maximum Gasteiger partial charge on any atom is 0.304 e. The Morgan fingerprint density at radius 3 is 2.63 bits per heavy atom. The largest absolute Gasteiger partial charge is 0.365 e. The Morgan fingerprint density at radius 2 is 2.00 bits per heavy atom. The minimum absolute atomic E-state index is 0.168. The van der Waals surface area contributed by atoms with Gasteiger partial charge in [-0.15, -0.1) is 3.89 Å². The molecule has 1 atom stereocenters. The van der Waals surface area contributed by atoms with Crippen LogP contribution in [0.2, 0.25) is 0 Å². The van der Waals surface area contributed by atoms with E-state index in [-0.39, 0.29) is 12.1 Å². The number of benzene rings is 1. The van der Waals surface area contributed by atoms with E-state index in [1.165, 1.54) is 5.56 Å². The molecule has 2 rings (SSSR count). The number of hydrogen-bond donors (Lipinski definition) is 0. The van der Waals surface area contributed by atoms with Gasteiger partial charge in [0.05, 0.1) is 5.75 Å². The minimum Gasteiger partial charge on any atom is -0.365 e. The van der Waals surface area contributed by atoms with E-state index >= 15 is 0 Å². The Balaban J connectivity index is 2.36. The van der Waals surface area contributed by atoms with E-state index in [9.17, 15) is 12.3 Å². The first kappa shape index (κ1) is 14.3. The fourth-order valence-electron chi connectivity index (χ4n) is 3.07. The van der Waals surface area contributed by atoms with Crippen molar-refractivity contribution >= 4 is 15.9 Å². The molecule has 0 bridgehead atoms. The van der Waals surface area contributed by atoms with E-state index in [0.29, 0.717) is 5.92 Å². The van der Waals surface area contributed by atoms with Crippen molar-refractivity contribution < 1.29 is 12.3 Å². The van der Waals surface area contributed by atoms with Gasteiger partial charge in [0.1, 0.15) is 0 Å². The zero-order valence-electron chi connectivity index (χ0n) is 11.6. The maximum absolute atomic E-state index is 12.8. The number of hydrogen-bond acceptors (Lipinski definition) is 3. The van der Waals surface area contributed by atoms with Gasteiger partial charge in [-0.25, -0.2) is 0 Å². The summed E-state index contributed by atoms with van der Waals surface area (Å²) in [6.07, 6.45) is 0.927. The maximum atomic E-state index is 12.8. The Bertz CT molecular complexity index is 569. The van der Waals surface area contributed by atoms with E-state index in [1.54, 1.807) is 0 Å². The Morgan fingerprint density at radius 1 is 1.37 bits per heavy atom.